The van der Waals surface area contributed by atoms with Crippen molar-refractivity contribution in [1.29, 1.82) is 5.26 Å². The van der Waals surface area contributed by atoms with Gasteiger partial charge >= 0.3 is 0 Å². The van der Waals surface area contributed by atoms with Gasteiger partial charge in [-0.2, -0.15) is 5.26 Å². The number of nitrogens with zero attached hydrogens (tertiary/aromatic N) is 2. The summed E-state index contributed by atoms with van der Waals surface area (Å²) in [6.07, 6.45) is 3.00. The Kier molecular flexibility index (Phi) is 22.3. The fourth-order valence-electron chi connectivity index (χ4n) is 5.58. The fourth-order valence-corrected chi connectivity index (χ4v) is 5.58. The van der Waals surface area contributed by atoms with Gasteiger partial charge in [-0.15, -0.1) is 0 Å². The van der Waals surface area contributed by atoms with Gasteiger partial charge in [-0.1, -0.05) is 12.1 Å². The SMILES string of the molecule is N#C[C@@H]1CCCN1C(=O)[C@@H](N)CCC(=O)NCCOCCOCC(=O)NCCCC[C@H](NCC(=O)[C@@H]([NH])Cc1ccc(O)cc1)C(=O)CN[C@@H](CO)C(N)=O. The summed E-state index contributed by atoms with van der Waals surface area (Å²) in [5, 5.41) is 38.8. The normalized spacial score (nSPS) is 16.0. The average molecular weight is 775 g/mol. The maximum absolute atomic E-state index is 13.0. The number of carbonyl (C=O) groups excluding carboxylic acids is 6. The molecule has 55 heavy (non-hydrogen) atoms. The fraction of sp³-hybridized carbons (Fsp3) is 0.639. The van der Waals surface area contributed by atoms with Gasteiger partial charge in [-0.3, -0.25) is 34.1 Å². The van der Waals surface area contributed by atoms with Crippen LogP contribution in [-0.2, 0) is 44.7 Å². The highest BCUT2D eigenvalue weighted by Gasteiger charge is 2.31. The number of nitrogens with one attached hydrogen (secondary N) is 5. The van der Waals surface area contributed by atoms with E-state index in [-0.39, 0.29) is 101 Å². The van der Waals surface area contributed by atoms with E-state index in [1.165, 1.54) is 17.0 Å². The van der Waals surface area contributed by atoms with Crippen LogP contribution in [0.4, 0.5) is 0 Å². The zero-order valence-corrected chi connectivity index (χ0v) is 31.1. The van der Waals surface area contributed by atoms with Crippen molar-refractivity contribution in [3.8, 4) is 11.8 Å². The number of nitrogens with two attached hydrogens (primary N) is 2. The standard InChI is InChI=1S/C36H56N9O10/c37-19-25-4-3-14-45(25)36(53)27(38)10-11-33(50)42-13-15-54-16-17-55-23-34(51)41-12-2-1-5-29(32(49)21-44-30(22-46)35(40)52)43-20-31(48)28(39)18-24-6-8-26(47)9-7-24/h6-9,25,27-30,39,43-44,46-47H,1-5,10-18,20-23,38H2,(H2,40,52)(H,41,51)(H,42,50)/t25-,27-,28-,29-,30-/m0/s1. The first-order valence-corrected chi connectivity index (χ1v) is 18.4. The van der Waals surface area contributed by atoms with Gasteiger partial charge in [-0.25, -0.2) is 5.73 Å². The van der Waals surface area contributed by atoms with Crippen LogP contribution < -0.4 is 38.5 Å². The number of aliphatic hydroxyl groups excluding tert-OH is 1. The predicted molar refractivity (Wildman–Crippen MR) is 198 cm³/mol. The molecule has 1 radical (unpaired) electrons. The lowest BCUT2D eigenvalue weighted by Crippen LogP contribution is -2.50. The lowest BCUT2D eigenvalue weighted by Gasteiger charge is -2.23. The number of Topliss-reactive ketones (excluding diaryl/α,β-unsaturated/α-hetero) is 2. The molecule has 1 aliphatic heterocycles. The van der Waals surface area contributed by atoms with E-state index in [2.05, 4.69) is 27.3 Å². The van der Waals surface area contributed by atoms with Crippen LogP contribution in [0.5, 0.6) is 5.75 Å². The third-order valence-corrected chi connectivity index (χ3v) is 8.82. The number of carbonyl (C=O) groups is 6. The molecule has 1 aromatic rings. The van der Waals surface area contributed by atoms with Crippen molar-refractivity contribution in [3.05, 3.63) is 29.8 Å². The molecule has 1 heterocycles. The molecule has 2 rings (SSSR count). The van der Waals surface area contributed by atoms with Crippen LogP contribution in [0, 0.1) is 11.3 Å². The van der Waals surface area contributed by atoms with Crippen molar-refractivity contribution in [1.82, 2.24) is 31.9 Å². The lowest BCUT2D eigenvalue weighted by molar-refractivity contribution is -0.133. The van der Waals surface area contributed by atoms with Gasteiger partial charge in [0.15, 0.2) is 11.6 Å². The van der Waals surface area contributed by atoms with Crippen LogP contribution in [0.15, 0.2) is 24.3 Å². The Balaban J connectivity index is 1.60. The second kappa shape index (κ2) is 26.3. The average Bonchev–Trinajstić information content (AvgIpc) is 3.65. The molecular formula is C36H56N9O10. The van der Waals surface area contributed by atoms with Gasteiger partial charge in [0.2, 0.25) is 23.6 Å². The molecule has 0 saturated carbocycles. The van der Waals surface area contributed by atoms with Gasteiger partial charge < -0.3 is 52.0 Å². The predicted octanol–water partition coefficient (Wildman–Crippen LogP) is -2.82. The molecule has 5 atom stereocenters. The molecule has 1 saturated heterocycles. The molecule has 0 aromatic heterocycles. The largest absolute Gasteiger partial charge is 0.508 e. The number of ether oxygens (including phenoxy) is 2. The molecule has 4 amide bonds. The van der Waals surface area contributed by atoms with Gasteiger partial charge in [0.05, 0.1) is 63.7 Å². The molecule has 19 heteroatoms. The molecule has 0 unspecified atom stereocenters. The topological polar surface area (TPSA) is 312 Å². The van der Waals surface area contributed by atoms with E-state index in [9.17, 15) is 39.0 Å². The molecule has 1 fully saturated rings. The Bertz CT molecular complexity index is 1430. The summed E-state index contributed by atoms with van der Waals surface area (Å²) in [4.78, 5) is 75.3. The number of likely N-dealkylation sites (tertiary alicyclic amines) is 1. The van der Waals surface area contributed by atoms with Crippen LogP contribution in [0.2, 0.25) is 0 Å². The number of hydrogen-bond acceptors (Lipinski definition) is 14. The third-order valence-electron chi connectivity index (χ3n) is 8.82. The minimum atomic E-state index is -1.12. The zero-order chi connectivity index (χ0) is 40.6. The minimum absolute atomic E-state index is 0.0609. The van der Waals surface area contributed by atoms with E-state index in [1.807, 2.05) is 0 Å². The summed E-state index contributed by atoms with van der Waals surface area (Å²) < 4.78 is 10.7. The van der Waals surface area contributed by atoms with Crippen molar-refractivity contribution in [3.63, 3.8) is 0 Å². The van der Waals surface area contributed by atoms with E-state index < -0.39 is 48.5 Å². The Hall–Kier alpha value is -4.55. The Labute approximate surface area is 321 Å². The molecular weight excluding hydrogens is 718 g/mol. The van der Waals surface area contributed by atoms with Gasteiger partial charge in [-0.05, 0) is 62.6 Å². The lowest BCUT2D eigenvalue weighted by atomic mass is 10.0. The Morgan fingerprint density at radius 2 is 1.60 bits per heavy atom. The number of nitriles is 1. The van der Waals surface area contributed by atoms with Gasteiger partial charge in [0.25, 0.3) is 0 Å². The minimum Gasteiger partial charge on any atom is -0.508 e. The highest BCUT2D eigenvalue weighted by atomic mass is 16.5. The van der Waals surface area contributed by atoms with Crippen LogP contribution in [0.25, 0.3) is 0 Å². The number of phenolic OH excluding ortho intramolecular Hbond substituents is 1. The summed E-state index contributed by atoms with van der Waals surface area (Å²) in [5.74, 6) is -2.52. The quantitative estimate of drug-likeness (QED) is 0.0381. The maximum Gasteiger partial charge on any atom is 0.245 e. The van der Waals surface area contributed by atoms with E-state index in [0.29, 0.717) is 37.9 Å². The number of aliphatic hydroxyl groups is 1. The maximum atomic E-state index is 13.0. The van der Waals surface area contributed by atoms with E-state index in [0.717, 1.165) is 6.42 Å². The first-order valence-electron chi connectivity index (χ1n) is 18.4. The van der Waals surface area contributed by atoms with Crippen molar-refractivity contribution < 1.29 is 48.5 Å². The number of hydrogen-bond donors (Lipinski definition) is 8. The summed E-state index contributed by atoms with van der Waals surface area (Å²) in [6, 6.07) is 3.93. The number of phenols is 1. The summed E-state index contributed by atoms with van der Waals surface area (Å²) in [5.41, 5.74) is 20.1. The smallest absolute Gasteiger partial charge is 0.245 e. The van der Waals surface area contributed by atoms with Crippen molar-refractivity contribution in [2.24, 2.45) is 11.5 Å². The number of primary amides is 1. The Morgan fingerprint density at radius 3 is 2.29 bits per heavy atom. The molecule has 0 bridgehead atoms. The monoisotopic (exact) mass is 774 g/mol. The van der Waals surface area contributed by atoms with Crippen molar-refractivity contribution >= 4 is 35.2 Å². The van der Waals surface area contributed by atoms with Crippen LogP contribution >= 0.6 is 0 Å². The van der Waals surface area contributed by atoms with E-state index >= 15 is 0 Å². The first-order chi connectivity index (χ1) is 26.4. The number of ketones is 2. The number of amides is 4. The molecule has 11 N–H and O–H groups in total. The summed E-state index contributed by atoms with van der Waals surface area (Å²) in [7, 11) is 0. The highest BCUT2D eigenvalue weighted by molar-refractivity contribution is 5.89. The number of benzene rings is 1. The number of aromatic hydroxyl groups is 1. The number of unbranched alkanes of at least 4 members (excludes halogenated alkanes) is 1. The van der Waals surface area contributed by atoms with Crippen molar-refractivity contribution in [2.75, 3.05) is 65.8 Å². The third kappa shape index (κ3) is 18.6. The van der Waals surface area contributed by atoms with Crippen LogP contribution in [-0.4, -0.2) is 146 Å². The zero-order valence-electron chi connectivity index (χ0n) is 31.1. The second-order valence-electron chi connectivity index (χ2n) is 13.1. The molecule has 1 aromatic carbocycles. The Morgan fingerprint density at radius 1 is 0.927 bits per heavy atom. The first kappa shape index (κ1) is 46.6. The summed E-state index contributed by atoms with van der Waals surface area (Å²) >= 11 is 0. The highest BCUT2D eigenvalue weighted by Crippen LogP contribution is 2.18. The molecule has 305 valence electrons. The van der Waals surface area contributed by atoms with Crippen molar-refractivity contribution in [2.45, 2.75) is 81.6 Å². The van der Waals surface area contributed by atoms with Crippen LogP contribution in [0.3, 0.4) is 0 Å². The van der Waals surface area contributed by atoms with Crippen LogP contribution in [0.1, 0.15) is 50.5 Å². The van der Waals surface area contributed by atoms with E-state index in [4.69, 9.17) is 31.9 Å². The van der Waals surface area contributed by atoms with Gasteiger partial charge in [0, 0.05) is 26.1 Å². The second-order valence-corrected chi connectivity index (χ2v) is 13.1. The molecule has 1 aliphatic rings. The van der Waals surface area contributed by atoms with E-state index in [1.54, 1.807) is 12.1 Å². The molecule has 19 nitrogen and oxygen atoms in total. The van der Waals surface area contributed by atoms with Gasteiger partial charge in [0.1, 0.15) is 24.4 Å². The number of rotatable bonds is 29. The molecule has 0 aliphatic carbocycles. The summed E-state index contributed by atoms with van der Waals surface area (Å²) in [6.45, 7) is 0.222. The molecule has 0 spiro atoms.